The van der Waals surface area contributed by atoms with E-state index in [9.17, 15) is 4.79 Å². The number of nitrogens with one attached hydrogen (secondary N) is 1. The summed E-state index contributed by atoms with van der Waals surface area (Å²) in [6.07, 6.45) is 2.43. The van der Waals surface area contributed by atoms with Crippen LogP contribution < -0.4 is 15.8 Å². The Morgan fingerprint density at radius 2 is 1.96 bits per heavy atom. The predicted octanol–water partition coefficient (Wildman–Crippen LogP) is 4.47. The lowest BCUT2D eigenvalue weighted by molar-refractivity contribution is -0.126. The van der Waals surface area contributed by atoms with Crippen molar-refractivity contribution in [2.24, 2.45) is 5.73 Å². The number of nitrogens with zero attached hydrogens (tertiary/aromatic N) is 1. The summed E-state index contributed by atoms with van der Waals surface area (Å²) >= 11 is 11.8. The first-order chi connectivity index (χ1) is 12.0. The number of nitrogens with two attached hydrogens (primary N) is 1. The smallest absolute Gasteiger partial charge is 0.253 e. The normalized spacial score (nSPS) is 18.2. The van der Waals surface area contributed by atoms with Gasteiger partial charge in [0.15, 0.2) is 0 Å². The van der Waals surface area contributed by atoms with E-state index in [1.807, 2.05) is 0 Å². The van der Waals surface area contributed by atoms with Crippen LogP contribution in [0.15, 0.2) is 36.5 Å². The van der Waals surface area contributed by atoms with Gasteiger partial charge in [-0.05, 0) is 43.2 Å². The lowest BCUT2D eigenvalue weighted by Crippen LogP contribution is -2.29. The molecule has 0 radical (unpaired) electrons. The number of amides is 1. The van der Waals surface area contributed by atoms with Gasteiger partial charge in [0, 0.05) is 18.4 Å². The summed E-state index contributed by atoms with van der Waals surface area (Å²) in [5, 5.41) is 3.57. The van der Waals surface area contributed by atoms with Crippen molar-refractivity contribution < 1.29 is 14.3 Å². The molecule has 0 spiro atoms. The maximum atomic E-state index is 12.2. The lowest BCUT2D eigenvalue weighted by Gasteiger charge is -2.13. The number of carbonyl (C=O) groups is 1. The van der Waals surface area contributed by atoms with Gasteiger partial charge in [-0.2, -0.15) is 0 Å². The fraction of sp³-hybridized carbons (Fsp3) is 0.294. The van der Waals surface area contributed by atoms with Crippen molar-refractivity contribution in [1.82, 2.24) is 4.98 Å². The van der Waals surface area contributed by atoms with E-state index in [4.69, 9.17) is 38.4 Å². The fourth-order valence-electron chi connectivity index (χ4n) is 2.49. The van der Waals surface area contributed by atoms with Gasteiger partial charge < -0.3 is 20.5 Å². The number of ether oxygens (including phenoxy) is 2. The molecule has 6 nitrogen and oxygen atoms in total. The Morgan fingerprint density at radius 3 is 2.56 bits per heavy atom. The van der Waals surface area contributed by atoms with Crippen LogP contribution in [0.3, 0.4) is 0 Å². The average Bonchev–Trinajstić information content (AvgIpc) is 3.08. The standard InChI is InChI=1S/C17H17Cl2N3O3.2ClH/c18-10-7-14(19)17(21-9-10)25-12-3-1-11(2-4-12)22-16(23)15-6-5-13(8-20)24-15;;/h1-4,7,9,13,15H,5-6,8,20H2,(H,22,23);2*1H/t13-,15+;;/m1../s1. The second-order valence-corrected chi connectivity index (χ2v) is 6.46. The van der Waals surface area contributed by atoms with Gasteiger partial charge in [-0.3, -0.25) is 4.79 Å². The van der Waals surface area contributed by atoms with Crippen molar-refractivity contribution in [2.45, 2.75) is 25.0 Å². The zero-order valence-corrected chi connectivity index (χ0v) is 17.2. The summed E-state index contributed by atoms with van der Waals surface area (Å²) < 4.78 is 11.2. The molecule has 1 aliphatic heterocycles. The van der Waals surface area contributed by atoms with Crippen LogP contribution in [0.25, 0.3) is 0 Å². The molecule has 3 N–H and O–H groups in total. The number of hydrogen-bond donors (Lipinski definition) is 2. The quantitative estimate of drug-likeness (QED) is 0.695. The van der Waals surface area contributed by atoms with Gasteiger partial charge >= 0.3 is 0 Å². The Balaban J connectivity index is 0.00000182. The highest BCUT2D eigenvalue weighted by molar-refractivity contribution is 6.35. The van der Waals surface area contributed by atoms with Gasteiger partial charge in [-0.25, -0.2) is 4.98 Å². The molecule has 3 rings (SSSR count). The molecular formula is C17H19Cl4N3O3. The van der Waals surface area contributed by atoms with Gasteiger partial charge in [-0.15, -0.1) is 24.8 Å². The second kappa shape index (κ2) is 10.9. The van der Waals surface area contributed by atoms with E-state index < -0.39 is 6.10 Å². The van der Waals surface area contributed by atoms with Crippen LogP contribution in [-0.2, 0) is 9.53 Å². The van der Waals surface area contributed by atoms with E-state index in [0.29, 0.717) is 34.4 Å². The Morgan fingerprint density at radius 1 is 1.26 bits per heavy atom. The molecule has 148 valence electrons. The summed E-state index contributed by atoms with van der Waals surface area (Å²) in [5.74, 6) is 0.622. The van der Waals surface area contributed by atoms with Crippen LogP contribution in [-0.4, -0.2) is 29.6 Å². The number of anilines is 1. The van der Waals surface area contributed by atoms with E-state index in [0.717, 1.165) is 6.42 Å². The first-order valence-electron chi connectivity index (χ1n) is 7.80. The SMILES string of the molecule is Cl.Cl.NC[C@H]1CC[C@@H](C(=O)Nc2ccc(Oc3ncc(Cl)cc3Cl)cc2)O1. The van der Waals surface area contributed by atoms with Crippen LogP contribution in [0, 0.1) is 0 Å². The van der Waals surface area contributed by atoms with Crippen molar-refractivity contribution >= 4 is 59.6 Å². The third kappa shape index (κ3) is 6.38. The molecule has 2 heterocycles. The van der Waals surface area contributed by atoms with Crippen molar-refractivity contribution in [3.05, 3.63) is 46.6 Å². The summed E-state index contributed by atoms with van der Waals surface area (Å²) in [6, 6.07) is 8.43. The van der Waals surface area contributed by atoms with Gasteiger partial charge in [0.2, 0.25) is 5.88 Å². The molecule has 27 heavy (non-hydrogen) atoms. The van der Waals surface area contributed by atoms with Crippen LogP contribution in [0.5, 0.6) is 11.6 Å². The first kappa shape index (κ1) is 23.8. The number of halogens is 4. The van der Waals surface area contributed by atoms with Gasteiger partial charge in [-0.1, -0.05) is 23.2 Å². The molecule has 1 aromatic heterocycles. The monoisotopic (exact) mass is 453 g/mol. The minimum absolute atomic E-state index is 0. The molecule has 0 bridgehead atoms. The third-order valence-electron chi connectivity index (χ3n) is 3.77. The first-order valence-corrected chi connectivity index (χ1v) is 8.56. The summed E-state index contributed by atoms with van der Waals surface area (Å²) in [7, 11) is 0. The lowest BCUT2D eigenvalue weighted by atomic mass is 10.2. The van der Waals surface area contributed by atoms with Crippen LogP contribution in [0.4, 0.5) is 5.69 Å². The van der Waals surface area contributed by atoms with Crippen molar-refractivity contribution in [2.75, 3.05) is 11.9 Å². The summed E-state index contributed by atoms with van der Waals surface area (Å²) in [6.45, 7) is 0.428. The number of hydrogen-bond acceptors (Lipinski definition) is 5. The number of benzene rings is 1. The van der Waals surface area contributed by atoms with Crippen LogP contribution in [0.1, 0.15) is 12.8 Å². The van der Waals surface area contributed by atoms with Crippen LogP contribution in [0.2, 0.25) is 10.0 Å². The van der Waals surface area contributed by atoms with Crippen molar-refractivity contribution in [3.8, 4) is 11.6 Å². The molecule has 1 amide bonds. The van der Waals surface area contributed by atoms with E-state index in [2.05, 4.69) is 10.3 Å². The molecule has 0 aliphatic carbocycles. The second-order valence-electron chi connectivity index (χ2n) is 5.62. The zero-order chi connectivity index (χ0) is 17.8. The van der Waals surface area contributed by atoms with Crippen molar-refractivity contribution in [1.29, 1.82) is 0 Å². The third-order valence-corrected chi connectivity index (χ3v) is 4.25. The minimum Gasteiger partial charge on any atom is -0.438 e. The molecule has 1 aromatic carbocycles. The van der Waals surface area contributed by atoms with E-state index >= 15 is 0 Å². The number of rotatable bonds is 5. The topological polar surface area (TPSA) is 86.5 Å². The largest absolute Gasteiger partial charge is 0.438 e. The molecule has 1 saturated heterocycles. The summed E-state index contributed by atoms with van der Waals surface area (Å²) in [4.78, 5) is 16.2. The van der Waals surface area contributed by atoms with Gasteiger partial charge in [0.25, 0.3) is 5.91 Å². The van der Waals surface area contributed by atoms with Crippen molar-refractivity contribution in [3.63, 3.8) is 0 Å². The molecule has 10 heteroatoms. The molecule has 1 fully saturated rings. The number of pyridine rings is 1. The molecule has 0 saturated carbocycles. The number of aromatic nitrogens is 1. The highest BCUT2D eigenvalue weighted by atomic mass is 35.5. The highest BCUT2D eigenvalue weighted by Crippen LogP contribution is 2.29. The Labute approximate surface area is 179 Å². The minimum atomic E-state index is -0.457. The molecule has 2 atom stereocenters. The Hall–Kier alpha value is -1.28. The molecular weight excluding hydrogens is 436 g/mol. The molecule has 0 unspecified atom stereocenters. The van der Waals surface area contributed by atoms with Crippen LogP contribution >= 0.6 is 48.0 Å². The van der Waals surface area contributed by atoms with E-state index in [1.54, 1.807) is 30.3 Å². The Kier molecular flexibility index (Phi) is 9.59. The van der Waals surface area contributed by atoms with Gasteiger partial charge in [0.05, 0.1) is 11.1 Å². The maximum absolute atomic E-state index is 12.2. The molecule has 1 aliphatic rings. The summed E-state index contributed by atoms with van der Waals surface area (Å²) in [5.41, 5.74) is 6.20. The predicted molar refractivity (Wildman–Crippen MR) is 111 cm³/mol. The average molecular weight is 455 g/mol. The van der Waals surface area contributed by atoms with Gasteiger partial charge in [0.1, 0.15) is 16.9 Å². The van der Waals surface area contributed by atoms with E-state index in [1.165, 1.54) is 6.20 Å². The molecule has 2 aromatic rings. The number of carbonyl (C=O) groups excluding carboxylic acids is 1. The zero-order valence-electron chi connectivity index (χ0n) is 14.1. The highest BCUT2D eigenvalue weighted by Gasteiger charge is 2.29. The Bertz CT molecular complexity index is 762. The maximum Gasteiger partial charge on any atom is 0.253 e. The van der Waals surface area contributed by atoms with E-state index in [-0.39, 0.29) is 42.7 Å². The fourth-order valence-corrected chi connectivity index (χ4v) is 2.91.